The molecule has 2 saturated heterocycles. The van der Waals surface area contributed by atoms with Crippen molar-refractivity contribution in [3.63, 3.8) is 0 Å². The fraction of sp³-hybridized carbons (Fsp3) is 0.822. The third kappa shape index (κ3) is 5.41. The maximum Gasteiger partial charge on any atom is 0.312 e. The number of hydrogen-bond acceptors (Lipinski definition) is 5. The van der Waals surface area contributed by atoms with E-state index in [1.165, 1.54) is 42.4 Å². The molecule has 1 amide bonds. The number of carboxylic acid groups (broad SMARTS) is 1. The van der Waals surface area contributed by atoms with Crippen molar-refractivity contribution in [3.8, 4) is 0 Å². The van der Waals surface area contributed by atoms with Gasteiger partial charge in [-0.25, -0.2) is 12.8 Å². The van der Waals surface area contributed by atoms with Crippen molar-refractivity contribution in [1.29, 1.82) is 0 Å². The van der Waals surface area contributed by atoms with Crippen molar-refractivity contribution >= 4 is 21.7 Å². The van der Waals surface area contributed by atoms with Crippen LogP contribution in [0.15, 0.2) is 35.5 Å². The Morgan fingerprint density at radius 1 is 0.963 bits per heavy atom. The molecule has 2 heterocycles. The van der Waals surface area contributed by atoms with E-state index in [4.69, 9.17) is 0 Å². The van der Waals surface area contributed by atoms with Crippen molar-refractivity contribution in [3.05, 3.63) is 35.5 Å². The van der Waals surface area contributed by atoms with Crippen LogP contribution >= 0.6 is 0 Å². The van der Waals surface area contributed by atoms with Gasteiger partial charge in [0.15, 0.2) is 9.84 Å². The highest BCUT2D eigenvalue weighted by Gasteiger charge is 2.70. The zero-order valence-electron chi connectivity index (χ0n) is 33.9. The van der Waals surface area contributed by atoms with Gasteiger partial charge in [0.1, 0.15) is 6.67 Å². The van der Waals surface area contributed by atoms with Gasteiger partial charge < -0.3 is 15.3 Å². The maximum absolute atomic E-state index is 14.0. The van der Waals surface area contributed by atoms with E-state index in [-0.39, 0.29) is 56.6 Å². The standard InChI is InChI=1S/C45H67FN2O5S/c1-28(2)22-30-12-19-45(47-24-37(49)48-25-32-23-31(48)26-54(32,52)53)21-20-42(6)34(38(30)45)8-9-36-41(5)15-13-33(40(3,4)35(41)14-16-43(36,42)7)29-10-17-44(27-46,18-11-29)39(50)51/h10,13,30-32,34-36,38,47H,1,8-9,11-12,14-27H2,2-7H3,(H,50,51)/t30-,31-,32-,34+,35-,36+,38+,41-,42+,43+,44-,45-/m0/s1. The average Bonchev–Trinajstić information content (AvgIpc) is 3.78. The Morgan fingerprint density at radius 3 is 2.33 bits per heavy atom. The zero-order valence-corrected chi connectivity index (χ0v) is 34.8. The molecule has 6 aliphatic carbocycles. The quantitative estimate of drug-likeness (QED) is 0.241. The number of alkyl halides is 1. The Morgan fingerprint density at radius 2 is 1.72 bits per heavy atom. The van der Waals surface area contributed by atoms with Crippen LogP contribution < -0.4 is 5.32 Å². The molecule has 2 N–H and O–H groups in total. The Kier molecular flexibility index (Phi) is 9.17. The Balaban J connectivity index is 1.05. The molecule has 0 spiro atoms. The van der Waals surface area contributed by atoms with Crippen LogP contribution in [-0.4, -0.2) is 72.6 Å². The molecule has 0 unspecified atom stereocenters. The van der Waals surface area contributed by atoms with E-state index < -0.39 is 27.9 Å². The summed E-state index contributed by atoms with van der Waals surface area (Å²) in [5.74, 6) is 1.89. The lowest BCUT2D eigenvalue weighted by molar-refractivity contribution is -0.222. The first-order chi connectivity index (χ1) is 25.3. The molecule has 0 radical (unpaired) electrons. The van der Waals surface area contributed by atoms with Crippen LogP contribution in [0.2, 0.25) is 0 Å². The molecule has 8 aliphatic rings. The van der Waals surface area contributed by atoms with E-state index in [0.717, 1.165) is 38.5 Å². The van der Waals surface area contributed by atoms with Gasteiger partial charge in [-0.1, -0.05) is 52.3 Å². The number of aliphatic carboxylic acids is 1. The predicted octanol–water partition coefficient (Wildman–Crippen LogP) is 8.46. The van der Waals surface area contributed by atoms with Gasteiger partial charge in [0.05, 0.1) is 23.0 Å². The second-order valence-corrected chi connectivity index (χ2v) is 23.6. The SMILES string of the molecule is C=C(C)C[C@@H]1CC[C@]2(NCC(=O)N3C[C@@H]4C[C@H]3CS4(=O)=O)CC[C@]3(C)[C@H](CC[C@@H]4[C@@]5(C)CC=C(C6=CC[C@](CF)(C(=O)O)CC6)C(C)(C)[C@@H]5CC[C@]43C)[C@@H]12. The fourth-order valence-electron chi connectivity index (χ4n) is 15.7. The van der Waals surface area contributed by atoms with Crippen molar-refractivity contribution < 1.29 is 27.5 Å². The minimum atomic E-state index is -3.05. The molecule has 4 saturated carbocycles. The number of allylic oxidation sites excluding steroid dienone is 5. The van der Waals surface area contributed by atoms with Crippen molar-refractivity contribution in [2.24, 2.45) is 56.7 Å². The first kappa shape index (κ1) is 38.9. The predicted molar refractivity (Wildman–Crippen MR) is 211 cm³/mol. The van der Waals surface area contributed by atoms with E-state index in [1.807, 2.05) is 4.90 Å². The second kappa shape index (κ2) is 12.8. The Hall–Kier alpha value is -2.00. The topological polar surface area (TPSA) is 104 Å². The largest absolute Gasteiger partial charge is 0.481 e. The summed E-state index contributed by atoms with van der Waals surface area (Å²) in [4.78, 5) is 27.6. The molecule has 0 aromatic rings. The lowest BCUT2D eigenvalue weighted by atomic mass is 9.33. The number of likely N-dealkylation sites (tertiary alicyclic amines) is 1. The molecule has 0 aromatic carbocycles. The van der Waals surface area contributed by atoms with E-state index in [0.29, 0.717) is 61.9 Å². The lowest BCUT2D eigenvalue weighted by Crippen LogP contribution is -2.68. The maximum atomic E-state index is 14.0. The van der Waals surface area contributed by atoms with Crippen LogP contribution in [0, 0.1) is 56.7 Å². The minimum Gasteiger partial charge on any atom is -0.481 e. The molecule has 2 bridgehead atoms. The van der Waals surface area contributed by atoms with Gasteiger partial charge in [0.25, 0.3) is 0 Å². The summed E-state index contributed by atoms with van der Waals surface area (Å²) in [5.41, 5.74) is 3.00. The molecule has 2 aliphatic heterocycles. The number of rotatable bonds is 8. The molecule has 8 rings (SSSR count). The molecule has 0 aromatic heterocycles. The van der Waals surface area contributed by atoms with Crippen molar-refractivity contribution in [1.82, 2.24) is 10.2 Å². The molecule has 7 nitrogen and oxygen atoms in total. The highest BCUT2D eigenvalue weighted by Crippen LogP contribution is 2.76. The van der Waals surface area contributed by atoms with Gasteiger partial charge >= 0.3 is 5.97 Å². The summed E-state index contributed by atoms with van der Waals surface area (Å²) in [6.07, 6.45) is 17.8. The van der Waals surface area contributed by atoms with Gasteiger partial charge in [-0.15, -0.1) is 6.58 Å². The van der Waals surface area contributed by atoms with Gasteiger partial charge in [-0.3, -0.25) is 9.59 Å². The number of amides is 1. The van der Waals surface area contributed by atoms with Crippen LogP contribution in [0.3, 0.4) is 0 Å². The lowest BCUT2D eigenvalue weighted by Gasteiger charge is -2.72. The zero-order chi connectivity index (χ0) is 38.9. The number of carboxylic acids is 1. The molecule has 12 atom stereocenters. The van der Waals surface area contributed by atoms with Crippen molar-refractivity contribution in [2.75, 3.05) is 25.5 Å². The van der Waals surface area contributed by atoms with Crippen LogP contribution in [0.5, 0.6) is 0 Å². The summed E-state index contributed by atoms with van der Waals surface area (Å²) >= 11 is 0. The summed E-state index contributed by atoms with van der Waals surface area (Å²) < 4.78 is 38.9. The first-order valence-electron chi connectivity index (χ1n) is 21.4. The number of sulfone groups is 1. The Labute approximate surface area is 324 Å². The van der Waals surface area contributed by atoms with Crippen molar-refractivity contribution in [2.45, 2.75) is 148 Å². The van der Waals surface area contributed by atoms with Crippen LogP contribution in [0.4, 0.5) is 4.39 Å². The number of carbonyl (C=O) groups is 2. The molecular formula is C45H67FN2O5S. The van der Waals surface area contributed by atoms with E-state index in [2.05, 4.69) is 65.6 Å². The van der Waals surface area contributed by atoms with Crippen LogP contribution in [-0.2, 0) is 19.4 Å². The van der Waals surface area contributed by atoms with Crippen LogP contribution in [0.25, 0.3) is 0 Å². The van der Waals surface area contributed by atoms with Gasteiger partial charge in [0, 0.05) is 18.1 Å². The smallest absolute Gasteiger partial charge is 0.312 e. The monoisotopic (exact) mass is 766 g/mol. The normalized spacial score (nSPS) is 47.1. The molecular weight excluding hydrogens is 700 g/mol. The number of carbonyl (C=O) groups excluding carboxylic acids is 1. The first-order valence-corrected chi connectivity index (χ1v) is 23.1. The second-order valence-electron chi connectivity index (χ2n) is 21.2. The third-order valence-electron chi connectivity index (χ3n) is 18.6. The Bertz CT molecular complexity index is 1790. The highest BCUT2D eigenvalue weighted by atomic mass is 32.2. The van der Waals surface area contributed by atoms with E-state index in [1.54, 1.807) is 0 Å². The van der Waals surface area contributed by atoms with Gasteiger partial charge in [-0.2, -0.15) is 0 Å². The number of nitrogens with zero attached hydrogens (tertiary/aromatic N) is 1. The summed E-state index contributed by atoms with van der Waals surface area (Å²) in [6, 6.07) is -0.156. The van der Waals surface area contributed by atoms with E-state index in [9.17, 15) is 27.5 Å². The fourth-order valence-corrected chi connectivity index (χ4v) is 17.8. The number of halogens is 1. The van der Waals surface area contributed by atoms with Gasteiger partial charge in [0.2, 0.25) is 5.91 Å². The summed E-state index contributed by atoms with van der Waals surface area (Å²) in [7, 11) is -3.05. The molecule has 6 fully saturated rings. The summed E-state index contributed by atoms with van der Waals surface area (Å²) in [6.45, 7) is 19.2. The molecule has 9 heteroatoms. The van der Waals surface area contributed by atoms with Crippen LogP contribution in [0.1, 0.15) is 131 Å². The minimum absolute atomic E-state index is 0.0495. The number of fused-ring (bicyclic) bond motifs is 9. The van der Waals surface area contributed by atoms with Gasteiger partial charge in [-0.05, 0) is 159 Å². The molecule has 54 heavy (non-hydrogen) atoms. The number of nitrogens with one attached hydrogen (secondary N) is 1. The van der Waals surface area contributed by atoms with E-state index >= 15 is 0 Å². The summed E-state index contributed by atoms with van der Waals surface area (Å²) in [5, 5.41) is 13.4. The highest BCUT2D eigenvalue weighted by molar-refractivity contribution is 7.92. The molecule has 300 valence electrons. The third-order valence-corrected chi connectivity index (χ3v) is 20.9. The average molecular weight is 767 g/mol. The number of hydrogen-bond donors (Lipinski definition) is 2.